The zero-order valence-corrected chi connectivity index (χ0v) is 21.4. The molecule has 8 atom stereocenters. The van der Waals surface area contributed by atoms with E-state index in [-0.39, 0.29) is 23.3 Å². The first-order valence-corrected chi connectivity index (χ1v) is 14.6. The molecule has 0 amide bonds. The molecule has 6 aliphatic rings. The van der Waals surface area contributed by atoms with Crippen molar-refractivity contribution in [3.63, 3.8) is 0 Å². The first kappa shape index (κ1) is 24.5. The van der Waals surface area contributed by atoms with E-state index in [1.165, 1.54) is 96.4 Å². The second-order valence-electron chi connectivity index (χ2n) is 13.3. The summed E-state index contributed by atoms with van der Waals surface area (Å²) in [6, 6.07) is 0. The van der Waals surface area contributed by atoms with E-state index in [0.29, 0.717) is 23.9 Å². The smallest absolute Gasteiger partial charge is 0.137 e. The molecule has 5 heteroatoms. The number of hydrogen-bond acceptors (Lipinski definition) is 3. The van der Waals surface area contributed by atoms with Crippen LogP contribution in [0.1, 0.15) is 110 Å². The molecule has 8 N–H and O–H groups in total. The third kappa shape index (κ3) is 4.67. The van der Waals surface area contributed by atoms with Gasteiger partial charge in [0.2, 0.25) is 0 Å². The predicted molar refractivity (Wildman–Crippen MR) is 131 cm³/mol. The maximum absolute atomic E-state index is 10.0. The number of quaternary nitrogens is 2. The van der Waals surface area contributed by atoms with Gasteiger partial charge in [-0.1, -0.05) is 32.1 Å². The van der Waals surface area contributed by atoms with E-state index in [1.807, 2.05) is 0 Å². The molecule has 6 rings (SSSR count). The largest absolute Gasteiger partial charge is 0.396 e. The van der Waals surface area contributed by atoms with Gasteiger partial charge in [0.05, 0.1) is 17.7 Å². The van der Waals surface area contributed by atoms with Gasteiger partial charge in [-0.2, -0.15) is 0 Å². The number of rotatable bonds is 6. The predicted octanol–water partition coefficient (Wildman–Crippen LogP) is 2.71. The summed E-state index contributed by atoms with van der Waals surface area (Å²) in [4.78, 5) is 0. The van der Waals surface area contributed by atoms with E-state index in [9.17, 15) is 5.11 Å². The molecular weight excluding hydrogens is 410 g/mol. The number of piperidine rings is 1. The molecule has 3 aliphatic heterocycles. The molecule has 5 nitrogen and oxygen atoms in total. The van der Waals surface area contributed by atoms with Crippen molar-refractivity contribution in [1.82, 2.24) is 0 Å². The normalized spacial score (nSPS) is 49.3. The molecule has 190 valence electrons. The Morgan fingerprint density at radius 3 is 2.48 bits per heavy atom. The van der Waals surface area contributed by atoms with Gasteiger partial charge in [-0.15, -0.1) is 0 Å². The lowest BCUT2D eigenvalue weighted by Gasteiger charge is -2.66. The molecule has 0 aromatic heterocycles. The van der Waals surface area contributed by atoms with Crippen LogP contribution in [0.4, 0.5) is 0 Å². The van der Waals surface area contributed by atoms with Crippen molar-refractivity contribution in [2.24, 2.45) is 35.3 Å². The zero-order chi connectivity index (χ0) is 23.1. The number of hydrogen-bond donors (Lipinski definition) is 4. The molecule has 3 saturated heterocycles. The average molecular weight is 464 g/mol. The van der Waals surface area contributed by atoms with Crippen molar-refractivity contribution < 1.29 is 20.9 Å². The second kappa shape index (κ2) is 9.69. The van der Waals surface area contributed by atoms with Crippen molar-refractivity contribution >= 4 is 0 Å². The fourth-order valence-corrected chi connectivity index (χ4v) is 9.65. The van der Waals surface area contributed by atoms with Crippen LogP contribution in [0.25, 0.3) is 0 Å². The van der Waals surface area contributed by atoms with Crippen molar-refractivity contribution in [2.75, 3.05) is 13.2 Å². The van der Waals surface area contributed by atoms with Crippen LogP contribution < -0.4 is 16.8 Å². The topological polar surface area (TPSA) is 99.7 Å². The van der Waals surface area contributed by atoms with Crippen molar-refractivity contribution in [2.45, 2.75) is 133 Å². The highest BCUT2D eigenvalue weighted by atomic mass is 16.5. The van der Waals surface area contributed by atoms with Gasteiger partial charge < -0.3 is 20.9 Å². The van der Waals surface area contributed by atoms with Crippen LogP contribution in [0.15, 0.2) is 0 Å². The van der Waals surface area contributed by atoms with Gasteiger partial charge in [-0.05, 0) is 76.0 Å². The summed E-state index contributed by atoms with van der Waals surface area (Å²) in [5.74, 6) is 3.56. The van der Waals surface area contributed by atoms with Crippen molar-refractivity contribution in [3.05, 3.63) is 0 Å². The van der Waals surface area contributed by atoms with Gasteiger partial charge in [0, 0.05) is 37.7 Å². The van der Waals surface area contributed by atoms with Crippen LogP contribution in [-0.2, 0) is 4.74 Å². The summed E-state index contributed by atoms with van der Waals surface area (Å²) in [6.45, 7) is 3.97. The van der Waals surface area contributed by atoms with Crippen molar-refractivity contribution in [3.8, 4) is 0 Å². The lowest BCUT2D eigenvalue weighted by Crippen LogP contribution is -2.95. The molecule has 0 spiro atoms. The monoisotopic (exact) mass is 463 g/mol. The maximum Gasteiger partial charge on any atom is 0.137 e. The Hall–Kier alpha value is -0.200. The zero-order valence-electron chi connectivity index (χ0n) is 21.4. The second-order valence-corrected chi connectivity index (χ2v) is 13.3. The van der Waals surface area contributed by atoms with E-state index >= 15 is 0 Å². The Kier molecular flexibility index (Phi) is 7.19. The minimum atomic E-state index is -0.0464. The highest BCUT2D eigenvalue weighted by molar-refractivity contribution is 5.15. The fraction of sp³-hybridized carbons (Fsp3) is 1.00. The average Bonchev–Trinajstić information content (AvgIpc) is 2.81. The summed E-state index contributed by atoms with van der Waals surface area (Å²) in [5, 5.41) is 12.4. The van der Waals surface area contributed by atoms with Crippen LogP contribution in [0.2, 0.25) is 0 Å². The summed E-state index contributed by atoms with van der Waals surface area (Å²) >= 11 is 0. The highest BCUT2D eigenvalue weighted by Crippen LogP contribution is 2.62. The summed E-state index contributed by atoms with van der Waals surface area (Å²) in [6.07, 6.45) is 20.9. The SMILES string of the molecule is C[C@@]1(C2CCCCC2)O[C@@]2([C@@H]3CCC[C@H](CC4CCC(N)[NH2+]C4)C3)CC[C@H]1[C@]([NH3+])(CCO)C2. The van der Waals surface area contributed by atoms with Crippen molar-refractivity contribution in [1.29, 1.82) is 0 Å². The third-order valence-corrected chi connectivity index (χ3v) is 11.3. The summed E-state index contributed by atoms with van der Waals surface area (Å²) in [5.41, 5.74) is 11.0. The molecule has 3 aliphatic carbocycles. The van der Waals surface area contributed by atoms with E-state index in [0.717, 1.165) is 24.7 Å². The molecule has 0 aromatic carbocycles. The van der Waals surface area contributed by atoms with E-state index < -0.39 is 0 Å². The minimum absolute atomic E-state index is 0.00240. The van der Waals surface area contributed by atoms with Gasteiger partial charge in [-0.25, -0.2) is 0 Å². The Morgan fingerprint density at radius 2 is 1.76 bits per heavy atom. The van der Waals surface area contributed by atoms with E-state index in [4.69, 9.17) is 16.2 Å². The quantitative estimate of drug-likeness (QED) is 0.487. The van der Waals surface area contributed by atoms with Gasteiger partial charge in [0.25, 0.3) is 0 Å². The number of ether oxygens (including phenoxy) is 1. The molecule has 2 bridgehead atoms. The molecular formula is C28H53N3O2+2. The number of nitrogens with two attached hydrogens (primary N) is 2. The van der Waals surface area contributed by atoms with Gasteiger partial charge in [0.1, 0.15) is 11.7 Å². The number of aliphatic hydroxyl groups is 1. The van der Waals surface area contributed by atoms with Gasteiger partial charge in [-0.3, -0.25) is 5.73 Å². The molecule has 3 heterocycles. The number of aliphatic hydroxyl groups excluding tert-OH is 1. The number of fused-ring (bicyclic) bond motifs is 3. The maximum atomic E-state index is 10.0. The Morgan fingerprint density at radius 1 is 0.970 bits per heavy atom. The summed E-state index contributed by atoms with van der Waals surface area (Å²) in [7, 11) is 0. The third-order valence-electron chi connectivity index (χ3n) is 11.3. The molecule has 0 radical (unpaired) electrons. The highest BCUT2D eigenvalue weighted by Gasteiger charge is 2.67. The lowest BCUT2D eigenvalue weighted by atomic mass is 9.50. The summed E-state index contributed by atoms with van der Waals surface area (Å²) < 4.78 is 7.49. The first-order valence-electron chi connectivity index (χ1n) is 14.6. The molecule has 33 heavy (non-hydrogen) atoms. The van der Waals surface area contributed by atoms with Crippen LogP contribution in [0, 0.1) is 29.6 Å². The van der Waals surface area contributed by atoms with Crippen LogP contribution >= 0.6 is 0 Å². The molecule has 3 saturated carbocycles. The van der Waals surface area contributed by atoms with E-state index in [1.54, 1.807) is 0 Å². The van der Waals surface area contributed by atoms with Gasteiger partial charge >= 0.3 is 0 Å². The van der Waals surface area contributed by atoms with E-state index in [2.05, 4.69) is 12.2 Å². The molecule has 2 unspecified atom stereocenters. The minimum Gasteiger partial charge on any atom is -0.396 e. The van der Waals surface area contributed by atoms with Crippen LogP contribution in [0.5, 0.6) is 0 Å². The standard InChI is InChI=1S/C28H51N3O2/c1-26(22-7-3-2-4-8-22)24-12-13-28(33-26,19-27(24,30)14-15-32)23-9-5-6-20(17-23)16-21-10-11-25(29)31-18-21/h20-25,31-32H,2-19,29-30H2,1H3/p+2/t20-,21?,23-,24-,25?,26+,27+,28+/m1/s1. The lowest BCUT2D eigenvalue weighted by molar-refractivity contribution is -0.703. The van der Waals surface area contributed by atoms with Gasteiger partial charge in [0.15, 0.2) is 0 Å². The fourth-order valence-electron chi connectivity index (χ4n) is 9.65. The Balaban J connectivity index is 1.35. The van der Waals surface area contributed by atoms with Crippen LogP contribution in [0.3, 0.4) is 0 Å². The molecule has 0 aromatic rings. The molecule has 6 fully saturated rings. The van der Waals surface area contributed by atoms with Crippen LogP contribution in [-0.4, -0.2) is 41.2 Å². The first-order chi connectivity index (χ1) is 15.9. The Labute approximate surface area is 202 Å². The Bertz CT molecular complexity index is 662.